The number of nitrogens with two attached hydrogens (primary N) is 1. The fourth-order valence-corrected chi connectivity index (χ4v) is 8.38. The van der Waals surface area contributed by atoms with E-state index in [4.69, 9.17) is 29.4 Å². The molecule has 0 saturated carbocycles. The van der Waals surface area contributed by atoms with Gasteiger partial charge in [-0.2, -0.15) is 23.5 Å². The topological polar surface area (TPSA) is 125 Å². The zero-order chi connectivity index (χ0) is 38.4. The van der Waals surface area contributed by atoms with Crippen molar-refractivity contribution in [1.82, 2.24) is 9.80 Å². The van der Waals surface area contributed by atoms with E-state index in [1.807, 2.05) is 29.2 Å². The van der Waals surface area contributed by atoms with Gasteiger partial charge in [-0.05, 0) is 49.7 Å². The number of nitrogens with zero attached hydrogens (tertiary/aromatic N) is 2. The average Bonchev–Trinajstić information content (AvgIpc) is 3.23. The minimum absolute atomic E-state index is 0.118. The number of unbranched alkanes of at least 4 members (excludes halogenated alkanes) is 2. The van der Waals surface area contributed by atoms with Crippen LogP contribution in [-0.4, -0.2) is 118 Å². The minimum atomic E-state index is -0.257. The number of ether oxygens (including phenoxy) is 5. The summed E-state index contributed by atoms with van der Waals surface area (Å²) in [5.41, 5.74) is 9.16. The highest BCUT2D eigenvalue weighted by Gasteiger charge is 2.31. The van der Waals surface area contributed by atoms with Gasteiger partial charge in [-0.25, -0.2) is 0 Å². The van der Waals surface area contributed by atoms with E-state index >= 15 is 0 Å². The van der Waals surface area contributed by atoms with Gasteiger partial charge in [0.1, 0.15) is 12.1 Å². The molecule has 2 aliphatic heterocycles. The molecule has 0 amide bonds. The van der Waals surface area contributed by atoms with Crippen molar-refractivity contribution in [3.05, 3.63) is 83.9 Å². The number of benzene rings is 3. The maximum Gasteiger partial charge on any atom is 0.324 e. The Kier molecular flexibility index (Phi) is 19.7. The van der Waals surface area contributed by atoms with Crippen molar-refractivity contribution in [3.63, 3.8) is 0 Å². The fourth-order valence-electron chi connectivity index (χ4n) is 6.18. The largest absolute Gasteiger partial charge is 0.493 e. The average molecular weight is 783 g/mol. The zero-order valence-electron chi connectivity index (χ0n) is 32.0. The second kappa shape index (κ2) is 24.7. The van der Waals surface area contributed by atoms with Crippen LogP contribution in [0.15, 0.2) is 72.8 Å². The number of aryl methyl sites for hydroxylation is 2. The molecule has 11 nitrogen and oxygen atoms in total. The highest BCUT2D eigenvalue weighted by molar-refractivity contribution is 7.99. The van der Waals surface area contributed by atoms with Gasteiger partial charge in [-0.1, -0.05) is 60.7 Å². The van der Waals surface area contributed by atoms with Crippen LogP contribution in [0.5, 0.6) is 17.2 Å². The summed E-state index contributed by atoms with van der Waals surface area (Å²) in [5.74, 6) is 5.00. The number of esters is 2. The van der Waals surface area contributed by atoms with Crippen molar-refractivity contribution in [2.24, 2.45) is 5.73 Å². The molecule has 0 spiro atoms. The highest BCUT2D eigenvalue weighted by Crippen LogP contribution is 2.40. The highest BCUT2D eigenvalue weighted by atomic mass is 32.2. The van der Waals surface area contributed by atoms with Gasteiger partial charge in [0, 0.05) is 60.6 Å². The second-order valence-electron chi connectivity index (χ2n) is 13.0. The normalized spacial score (nSPS) is 17.4. The van der Waals surface area contributed by atoms with Crippen LogP contribution < -0.4 is 25.3 Å². The smallest absolute Gasteiger partial charge is 0.324 e. The molecule has 296 valence electrons. The third-order valence-corrected chi connectivity index (χ3v) is 11.3. The van der Waals surface area contributed by atoms with Gasteiger partial charge >= 0.3 is 11.9 Å². The molecule has 2 fully saturated rings. The summed E-state index contributed by atoms with van der Waals surface area (Å²) in [5, 5.41) is 3.39. The van der Waals surface area contributed by atoms with Gasteiger partial charge in [0.2, 0.25) is 5.75 Å². The molecule has 3 aromatic carbocycles. The lowest BCUT2D eigenvalue weighted by atomic mass is 10.1. The van der Waals surface area contributed by atoms with Gasteiger partial charge < -0.3 is 34.7 Å². The number of carbonyl (C=O) groups excluding carboxylic acids is 2. The SMILES string of the molecule is COc1cc(NCN2CCSCC2C(=O)OCCCCc2ccccc2)cc(OC)c1OC.NCN1CCSCC1C(=O)OCCCCc1ccccc1. The van der Waals surface area contributed by atoms with Gasteiger partial charge in [0.05, 0.1) is 41.2 Å². The Morgan fingerprint density at radius 2 is 1.19 bits per heavy atom. The summed E-state index contributed by atoms with van der Waals surface area (Å²) < 4.78 is 27.3. The van der Waals surface area contributed by atoms with E-state index in [1.54, 1.807) is 44.9 Å². The van der Waals surface area contributed by atoms with Crippen molar-refractivity contribution in [1.29, 1.82) is 0 Å². The minimum Gasteiger partial charge on any atom is -0.493 e. The zero-order valence-corrected chi connectivity index (χ0v) is 33.7. The summed E-state index contributed by atoms with van der Waals surface area (Å²) in [7, 11) is 4.76. The maximum atomic E-state index is 12.8. The van der Waals surface area contributed by atoms with E-state index < -0.39 is 0 Å². The third-order valence-electron chi connectivity index (χ3n) is 9.30. The quantitative estimate of drug-likeness (QED) is 0.110. The first kappa shape index (κ1) is 43.1. The molecular weight excluding hydrogens is 725 g/mol. The summed E-state index contributed by atoms with van der Waals surface area (Å²) in [6, 6.07) is 24.1. The Balaban J connectivity index is 0.000000266. The van der Waals surface area contributed by atoms with Crippen LogP contribution in [0.4, 0.5) is 5.69 Å². The Morgan fingerprint density at radius 3 is 1.65 bits per heavy atom. The number of hydrogen-bond donors (Lipinski definition) is 2. The Bertz CT molecular complexity index is 1500. The van der Waals surface area contributed by atoms with Crippen molar-refractivity contribution in [3.8, 4) is 17.2 Å². The number of nitrogens with one attached hydrogen (secondary N) is 1. The van der Waals surface area contributed by atoms with Crippen molar-refractivity contribution >= 4 is 41.1 Å². The van der Waals surface area contributed by atoms with Crippen molar-refractivity contribution < 1.29 is 33.3 Å². The summed E-state index contributed by atoms with van der Waals surface area (Å²) in [4.78, 5) is 29.0. The lowest BCUT2D eigenvalue weighted by molar-refractivity contribution is -0.150. The Hall–Kier alpha value is -3.62. The standard InChI is InChI=1S/C25H34N2O5S.C16H24N2O2S/c1-29-22-15-20(16-23(30-2)24(22)31-3)26-18-27-12-14-33-17-21(27)25(28)32-13-8-7-11-19-9-5-4-6-10-19;17-13-18-9-11-21-12-15(18)16(19)20-10-5-4-8-14-6-2-1-3-7-14/h4-6,9-10,15-16,21,26H,7-8,11-14,17-18H2,1-3H3;1-3,6-7,15H,4-5,8-13,17H2. The first-order valence-corrected chi connectivity index (χ1v) is 21.1. The molecule has 2 atom stereocenters. The van der Waals surface area contributed by atoms with Crippen LogP contribution >= 0.6 is 23.5 Å². The van der Waals surface area contributed by atoms with E-state index in [-0.39, 0.29) is 24.0 Å². The van der Waals surface area contributed by atoms with E-state index in [0.717, 1.165) is 80.3 Å². The lowest BCUT2D eigenvalue weighted by Crippen LogP contribution is -2.50. The van der Waals surface area contributed by atoms with Gasteiger partial charge in [-0.15, -0.1) is 0 Å². The number of thioether (sulfide) groups is 2. The second-order valence-corrected chi connectivity index (χ2v) is 15.3. The molecule has 2 aliphatic rings. The molecular formula is C41H58N4O7S2. The lowest BCUT2D eigenvalue weighted by Gasteiger charge is -2.34. The molecule has 0 aromatic heterocycles. The van der Waals surface area contributed by atoms with Crippen LogP contribution in [0.1, 0.15) is 36.8 Å². The number of carbonyl (C=O) groups is 2. The molecule has 2 saturated heterocycles. The molecule has 54 heavy (non-hydrogen) atoms. The summed E-state index contributed by atoms with van der Waals surface area (Å²) in [6.07, 6.45) is 5.85. The summed E-state index contributed by atoms with van der Waals surface area (Å²) in [6.45, 7) is 3.60. The predicted molar refractivity (Wildman–Crippen MR) is 220 cm³/mol. The van der Waals surface area contributed by atoms with Crippen molar-refractivity contribution in [2.45, 2.75) is 50.6 Å². The molecule has 13 heteroatoms. The van der Waals surface area contributed by atoms with Gasteiger partial charge in [0.25, 0.3) is 0 Å². The van der Waals surface area contributed by atoms with Gasteiger partial charge in [-0.3, -0.25) is 19.4 Å². The first-order chi connectivity index (χ1) is 26.5. The molecule has 2 unspecified atom stereocenters. The summed E-state index contributed by atoms with van der Waals surface area (Å²) >= 11 is 3.58. The van der Waals surface area contributed by atoms with Gasteiger partial charge in [0.15, 0.2) is 11.5 Å². The van der Waals surface area contributed by atoms with Crippen LogP contribution in [0.25, 0.3) is 0 Å². The monoisotopic (exact) mass is 782 g/mol. The van der Waals surface area contributed by atoms with Crippen LogP contribution in [0.2, 0.25) is 0 Å². The van der Waals surface area contributed by atoms with Crippen LogP contribution in [-0.2, 0) is 31.9 Å². The Morgan fingerprint density at radius 1 is 0.704 bits per heavy atom. The van der Waals surface area contributed by atoms with Crippen LogP contribution in [0, 0.1) is 0 Å². The van der Waals surface area contributed by atoms with E-state index in [9.17, 15) is 9.59 Å². The molecule has 3 N–H and O–H groups in total. The Labute approximate surface area is 329 Å². The molecule has 0 aliphatic carbocycles. The molecule has 0 radical (unpaired) electrons. The molecule has 2 heterocycles. The van der Waals surface area contributed by atoms with Crippen LogP contribution in [0.3, 0.4) is 0 Å². The van der Waals surface area contributed by atoms with E-state index in [2.05, 4.69) is 58.7 Å². The molecule has 5 rings (SSSR count). The number of hydrogen-bond acceptors (Lipinski definition) is 13. The number of anilines is 1. The predicted octanol–water partition coefficient (Wildman–Crippen LogP) is 5.95. The van der Waals surface area contributed by atoms with E-state index in [1.165, 1.54) is 11.1 Å². The fraction of sp³-hybridized carbons (Fsp3) is 0.512. The molecule has 3 aromatic rings. The number of rotatable bonds is 19. The first-order valence-electron chi connectivity index (χ1n) is 18.8. The van der Waals surface area contributed by atoms with E-state index in [0.29, 0.717) is 43.8 Å². The maximum absolute atomic E-state index is 12.8. The van der Waals surface area contributed by atoms with Crippen molar-refractivity contribution in [2.75, 3.05) is 89.3 Å². The third kappa shape index (κ3) is 14.2. The number of methoxy groups -OCH3 is 3. The molecule has 0 bridgehead atoms.